The van der Waals surface area contributed by atoms with Crippen LogP contribution in [0, 0.1) is 10.1 Å². The first-order valence-corrected chi connectivity index (χ1v) is 9.80. The van der Waals surface area contributed by atoms with E-state index in [1.807, 2.05) is 0 Å². The Bertz CT molecular complexity index is 518. The maximum absolute atomic E-state index is 12.7. The topological polar surface area (TPSA) is 87.9 Å². The molecule has 0 aliphatic rings. The van der Waals surface area contributed by atoms with Gasteiger partial charge in [-0.25, -0.2) is 4.57 Å². The molecule has 136 valence electrons. The molecule has 0 heterocycles. The van der Waals surface area contributed by atoms with Crippen molar-refractivity contribution >= 4 is 13.5 Å². The van der Waals surface area contributed by atoms with E-state index in [1.54, 1.807) is 0 Å². The summed E-state index contributed by atoms with van der Waals surface area (Å²) in [4.78, 5) is 10.2. The summed E-state index contributed by atoms with van der Waals surface area (Å²) in [5.74, 6) is 0.218. The molecule has 0 saturated heterocycles. The van der Waals surface area contributed by atoms with Crippen molar-refractivity contribution < 1.29 is 23.1 Å². The van der Waals surface area contributed by atoms with Gasteiger partial charge in [0.2, 0.25) is 0 Å². The number of non-ortho nitro benzene ring substituents is 1. The molecule has 1 aromatic rings. The second kappa shape index (κ2) is 11.2. The number of nitro groups is 1. The predicted molar refractivity (Wildman–Crippen MR) is 92.3 cm³/mol. The molecule has 1 aromatic carbocycles. The zero-order chi connectivity index (χ0) is 17.8. The number of benzene rings is 1. The predicted octanol–water partition coefficient (Wildman–Crippen LogP) is 5.50. The minimum Gasteiger partial charge on any atom is -0.404 e. The van der Waals surface area contributed by atoms with Gasteiger partial charge < -0.3 is 4.52 Å². The molecule has 0 N–H and O–H groups in total. The Labute approximate surface area is 143 Å². The van der Waals surface area contributed by atoms with Crippen molar-refractivity contribution in [2.24, 2.45) is 0 Å². The van der Waals surface area contributed by atoms with Gasteiger partial charge >= 0.3 is 7.82 Å². The molecule has 0 amide bonds. The maximum Gasteiger partial charge on any atom is 0.530 e. The normalized spacial score (nSPS) is 11.4. The molecule has 0 aliphatic carbocycles. The largest absolute Gasteiger partial charge is 0.530 e. The smallest absolute Gasteiger partial charge is 0.404 e. The highest BCUT2D eigenvalue weighted by Crippen LogP contribution is 2.50. The minimum absolute atomic E-state index is 0.0649. The van der Waals surface area contributed by atoms with Crippen LogP contribution in [0.4, 0.5) is 5.69 Å². The number of nitrogens with zero attached hydrogens (tertiary/aromatic N) is 1. The Morgan fingerprint density at radius 2 is 1.46 bits per heavy atom. The van der Waals surface area contributed by atoms with Crippen LogP contribution in [0.3, 0.4) is 0 Å². The van der Waals surface area contributed by atoms with Crippen LogP contribution in [-0.2, 0) is 13.6 Å². The van der Waals surface area contributed by atoms with E-state index in [0.29, 0.717) is 0 Å². The van der Waals surface area contributed by atoms with E-state index < -0.39 is 12.7 Å². The van der Waals surface area contributed by atoms with E-state index in [9.17, 15) is 14.7 Å². The van der Waals surface area contributed by atoms with Crippen molar-refractivity contribution in [3.8, 4) is 5.75 Å². The Morgan fingerprint density at radius 1 is 0.958 bits per heavy atom. The molecular weight excluding hydrogens is 333 g/mol. The van der Waals surface area contributed by atoms with Gasteiger partial charge in [-0.2, -0.15) is 0 Å². The van der Waals surface area contributed by atoms with Crippen LogP contribution < -0.4 is 4.52 Å². The highest BCUT2D eigenvalue weighted by atomic mass is 31.2. The summed E-state index contributed by atoms with van der Waals surface area (Å²) in [6.07, 6.45) is 5.51. The van der Waals surface area contributed by atoms with Crippen molar-refractivity contribution in [2.75, 3.05) is 13.2 Å². The number of hydrogen-bond acceptors (Lipinski definition) is 6. The maximum atomic E-state index is 12.7. The van der Waals surface area contributed by atoms with Gasteiger partial charge in [0.25, 0.3) is 5.69 Å². The van der Waals surface area contributed by atoms with E-state index in [4.69, 9.17) is 13.6 Å². The van der Waals surface area contributed by atoms with Crippen LogP contribution in [0.1, 0.15) is 52.4 Å². The van der Waals surface area contributed by atoms with Crippen molar-refractivity contribution in [3.63, 3.8) is 0 Å². The highest BCUT2D eigenvalue weighted by molar-refractivity contribution is 7.48. The van der Waals surface area contributed by atoms with Gasteiger partial charge in [0, 0.05) is 12.1 Å². The monoisotopic (exact) mass is 359 g/mol. The lowest BCUT2D eigenvalue weighted by atomic mass is 10.3. The van der Waals surface area contributed by atoms with E-state index >= 15 is 0 Å². The first-order valence-electron chi connectivity index (χ1n) is 8.34. The Morgan fingerprint density at radius 3 is 1.88 bits per heavy atom. The minimum atomic E-state index is -3.73. The van der Waals surface area contributed by atoms with E-state index in [2.05, 4.69) is 13.8 Å². The second-order valence-corrected chi connectivity index (χ2v) is 6.96. The van der Waals surface area contributed by atoms with Gasteiger partial charge in [0.1, 0.15) is 5.75 Å². The number of hydrogen-bond donors (Lipinski definition) is 0. The molecule has 0 radical (unpaired) electrons. The van der Waals surface area contributed by atoms with Gasteiger partial charge in [-0.05, 0) is 25.0 Å². The summed E-state index contributed by atoms with van der Waals surface area (Å²) in [7, 11) is -3.73. The van der Waals surface area contributed by atoms with Gasteiger partial charge in [-0.15, -0.1) is 0 Å². The first kappa shape index (κ1) is 20.6. The lowest BCUT2D eigenvalue weighted by Crippen LogP contribution is -2.05. The molecular formula is C16H26NO6P. The Hall–Kier alpha value is -1.43. The Kier molecular flexibility index (Phi) is 9.60. The van der Waals surface area contributed by atoms with Crippen molar-refractivity contribution in [3.05, 3.63) is 34.4 Å². The molecule has 0 aromatic heterocycles. The number of phosphoric acid groups is 1. The van der Waals surface area contributed by atoms with Crippen molar-refractivity contribution in [1.29, 1.82) is 0 Å². The average Bonchev–Trinajstić information content (AvgIpc) is 2.56. The number of rotatable bonds is 13. The molecule has 0 aliphatic heterocycles. The van der Waals surface area contributed by atoms with Crippen LogP contribution in [0.2, 0.25) is 0 Å². The molecule has 1 rings (SSSR count). The second-order valence-electron chi connectivity index (χ2n) is 5.37. The molecule has 24 heavy (non-hydrogen) atoms. The molecule has 0 spiro atoms. The summed E-state index contributed by atoms with van der Waals surface area (Å²) in [5, 5.41) is 10.7. The fourth-order valence-corrected chi connectivity index (χ4v) is 3.17. The van der Waals surface area contributed by atoms with Gasteiger partial charge in [0.05, 0.1) is 18.1 Å². The van der Waals surface area contributed by atoms with Crippen LogP contribution in [-0.4, -0.2) is 18.1 Å². The van der Waals surface area contributed by atoms with Crippen molar-refractivity contribution in [1.82, 2.24) is 0 Å². The Balaban J connectivity index is 2.67. The third-order valence-corrected chi connectivity index (χ3v) is 4.69. The summed E-state index contributed by atoms with van der Waals surface area (Å²) < 4.78 is 28.9. The quantitative estimate of drug-likeness (QED) is 0.200. The third-order valence-electron chi connectivity index (χ3n) is 3.26. The summed E-state index contributed by atoms with van der Waals surface area (Å²) in [6.45, 7) is 4.69. The number of unbranched alkanes of at least 4 members (excludes halogenated alkanes) is 4. The molecule has 0 fully saturated rings. The number of nitro benzene ring substituents is 1. The lowest BCUT2D eigenvalue weighted by Gasteiger charge is -2.18. The fourth-order valence-electron chi connectivity index (χ4n) is 1.90. The molecule has 8 heteroatoms. The average molecular weight is 359 g/mol. The first-order chi connectivity index (χ1) is 11.5. The summed E-state index contributed by atoms with van der Waals surface area (Å²) in [5.41, 5.74) is -0.0649. The standard InChI is InChI=1S/C16H26NO6P/c1-3-5-7-13-21-24(20,22-14-8-6-4-2)23-16-11-9-15(10-12-16)17(18)19/h9-12H,3-8,13-14H2,1-2H3. The van der Waals surface area contributed by atoms with Crippen LogP contribution in [0.25, 0.3) is 0 Å². The molecule has 0 atom stereocenters. The van der Waals surface area contributed by atoms with Gasteiger partial charge in [-0.1, -0.05) is 39.5 Å². The summed E-state index contributed by atoms with van der Waals surface area (Å²) >= 11 is 0. The zero-order valence-electron chi connectivity index (χ0n) is 14.3. The SMILES string of the molecule is CCCCCOP(=O)(OCCCCC)Oc1ccc([N+](=O)[O-])cc1. The van der Waals surface area contributed by atoms with E-state index in [0.717, 1.165) is 38.5 Å². The van der Waals surface area contributed by atoms with Gasteiger partial charge in [0.15, 0.2) is 0 Å². The zero-order valence-corrected chi connectivity index (χ0v) is 15.2. The van der Waals surface area contributed by atoms with Crippen LogP contribution in [0.5, 0.6) is 5.75 Å². The lowest BCUT2D eigenvalue weighted by molar-refractivity contribution is -0.384. The highest BCUT2D eigenvalue weighted by Gasteiger charge is 2.28. The van der Waals surface area contributed by atoms with Crippen molar-refractivity contribution in [2.45, 2.75) is 52.4 Å². The van der Waals surface area contributed by atoms with Gasteiger partial charge in [-0.3, -0.25) is 19.2 Å². The summed E-state index contributed by atoms with van der Waals surface area (Å²) in [6, 6.07) is 5.34. The number of phosphoric ester groups is 1. The third kappa shape index (κ3) is 7.90. The fraction of sp³-hybridized carbons (Fsp3) is 0.625. The molecule has 0 saturated carbocycles. The van der Waals surface area contributed by atoms with Crippen LogP contribution >= 0.6 is 7.82 Å². The van der Waals surface area contributed by atoms with E-state index in [1.165, 1.54) is 24.3 Å². The molecule has 0 unspecified atom stereocenters. The van der Waals surface area contributed by atoms with Crippen LogP contribution in [0.15, 0.2) is 24.3 Å². The molecule has 0 bridgehead atoms. The van der Waals surface area contributed by atoms with E-state index in [-0.39, 0.29) is 24.7 Å². The molecule has 7 nitrogen and oxygen atoms in total.